The van der Waals surface area contributed by atoms with Crippen LogP contribution in [-0.4, -0.2) is 54.3 Å². The van der Waals surface area contributed by atoms with Crippen LogP contribution in [0, 0.1) is 35.5 Å². The molecule has 256 valence electrons. The van der Waals surface area contributed by atoms with Gasteiger partial charge in [0.1, 0.15) is 11.5 Å². The van der Waals surface area contributed by atoms with Crippen LogP contribution >= 0.6 is 0 Å². The van der Waals surface area contributed by atoms with E-state index in [2.05, 4.69) is 0 Å². The zero-order valence-electron chi connectivity index (χ0n) is 28.3. The van der Waals surface area contributed by atoms with Crippen molar-refractivity contribution in [1.29, 1.82) is 0 Å². The molecule has 0 spiro atoms. The molecule has 11 rings (SSSR count). The van der Waals surface area contributed by atoms with E-state index in [1.807, 2.05) is 18.2 Å². The first-order valence-electron chi connectivity index (χ1n) is 19.0. The Kier molecular flexibility index (Phi) is 8.07. The van der Waals surface area contributed by atoms with Crippen LogP contribution in [0.5, 0.6) is 11.5 Å². The van der Waals surface area contributed by atoms with Gasteiger partial charge in [-0.1, -0.05) is 12.1 Å². The molecule has 7 nitrogen and oxygen atoms in total. The Balaban J connectivity index is 0.817. The summed E-state index contributed by atoms with van der Waals surface area (Å²) < 4.78 is 25.8. The number of carbonyl (C=O) groups is 2. The number of rotatable bonds is 14. The van der Waals surface area contributed by atoms with Crippen LogP contribution in [-0.2, 0) is 16.0 Å². The predicted octanol–water partition coefficient (Wildman–Crippen LogP) is 7.99. The molecule has 0 saturated heterocycles. The average Bonchev–Trinajstić information content (AvgIpc) is 3.28. The first-order valence-corrected chi connectivity index (χ1v) is 19.0. The molecule has 0 atom stereocenters. The monoisotopic (exact) mass is 653 g/mol. The maximum atomic E-state index is 13.1. The minimum atomic E-state index is -0.256. The van der Waals surface area contributed by atoms with Crippen molar-refractivity contribution in [2.24, 2.45) is 35.5 Å². The number of nitrogens with zero attached hydrogens (tertiary/aromatic N) is 1. The Labute approximate surface area is 285 Å². The summed E-state index contributed by atoms with van der Waals surface area (Å²) in [4.78, 5) is 27.6. The van der Waals surface area contributed by atoms with Crippen LogP contribution in [0.25, 0.3) is 0 Å². The summed E-state index contributed by atoms with van der Waals surface area (Å²) in [7, 11) is 0. The fraction of sp³-hybridized carbons (Fsp3) is 0.659. The van der Waals surface area contributed by atoms with Gasteiger partial charge in [-0.05, 0) is 142 Å². The van der Waals surface area contributed by atoms with Crippen molar-refractivity contribution >= 4 is 11.8 Å². The van der Waals surface area contributed by atoms with Gasteiger partial charge in [-0.15, -0.1) is 0 Å². The molecule has 0 aromatic heterocycles. The molecular weight excluding hydrogens is 602 g/mol. The fourth-order valence-corrected chi connectivity index (χ4v) is 11.9. The van der Waals surface area contributed by atoms with Gasteiger partial charge in [-0.25, -0.2) is 0 Å². The molecule has 1 aliphatic heterocycles. The van der Waals surface area contributed by atoms with E-state index in [0.29, 0.717) is 49.1 Å². The third-order valence-electron chi connectivity index (χ3n) is 13.1. The highest BCUT2D eigenvalue weighted by Crippen LogP contribution is 2.58. The van der Waals surface area contributed by atoms with Crippen molar-refractivity contribution in [2.45, 2.75) is 108 Å². The number of fused-ring (bicyclic) bond motifs is 1. The van der Waals surface area contributed by atoms with Gasteiger partial charge in [0.15, 0.2) is 0 Å². The van der Waals surface area contributed by atoms with E-state index in [-0.39, 0.29) is 29.6 Å². The minimum absolute atomic E-state index is 0.113. The van der Waals surface area contributed by atoms with E-state index in [1.54, 1.807) is 24.3 Å². The standard InChI is InChI=1S/C41H51NO6/c43-38-36-5-1-2-6-37(36)39(44)42(38)26-33-17-34(45-7-3-9-47-40-20-27-11-28(21-40)13-29(12-27)22-40)19-35(18-33)46-8-4-10-48-41-23-30-14-31(24-41)16-32(15-30)25-41/h1-2,5-6,17-19,27-32H,3-4,7-16,20-26H2. The molecule has 8 fully saturated rings. The van der Waals surface area contributed by atoms with Gasteiger partial charge in [-0.3, -0.25) is 14.5 Å². The van der Waals surface area contributed by atoms with Gasteiger partial charge in [-0.2, -0.15) is 0 Å². The Morgan fingerprint density at radius 3 is 1.35 bits per heavy atom. The summed E-state index contributed by atoms with van der Waals surface area (Å²) in [5.74, 6) is 6.12. The maximum absolute atomic E-state index is 13.1. The fourth-order valence-electron chi connectivity index (χ4n) is 11.9. The zero-order valence-corrected chi connectivity index (χ0v) is 28.3. The number of hydrogen-bond donors (Lipinski definition) is 0. The van der Waals surface area contributed by atoms with Crippen molar-refractivity contribution in [3.8, 4) is 11.5 Å². The van der Waals surface area contributed by atoms with E-state index in [1.165, 1.54) is 81.9 Å². The lowest BCUT2D eigenvalue weighted by atomic mass is 9.54. The highest BCUT2D eigenvalue weighted by molar-refractivity contribution is 6.21. The second-order valence-corrected chi connectivity index (χ2v) is 16.9. The molecule has 1 heterocycles. The lowest BCUT2D eigenvalue weighted by molar-refractivity contribution is -0.163. The molecule has 9 aliphatic rings. The number of carbonyl (C=O) groups excluding carboxylic acids is 2. The molecule has 0 unspecified atom stereocenters. The van der Waals surface area contributed by atoms with Gasteiger partial charge in [0, 0.05) is 18.9 Å². The molecule has 8 bridgehead atoms. The highest BCUT2D eigenvalue weighted by atomic mass is 16.5. The summed E-state index contributed by atoms with van der Waals surface area (Å²) in [6, 6.07) is 12.9. The number of benzene rings is 2. The molecule has 0 N–H and O–H groups in total. The highest BCUT2D eigenvalue weighted by Gasteiger charge is 2.52. The average molecular weight is 654 g/mol. The lowest BCUT2D eigenvalue weighted by Gasteiger charge is -2.56. The summed E-state index contributed by atoms with van der Waals surface area (Å²) in [6.07, 6.45) is 17.6. The molecule has 2 aromatic rings. The molecule has 7 heteroatoms. The van der Waals surface area contributed by atoms with Crippen molar-refractivity contribution in [1.82, 2.24) is 4.90 Å². The largest absolute Gasteiger partial charge is 0.493 e. The normalized spacial score (nSPS) is 35.5. The Morgan fingerprint density at radius 2 is 0.958 bits per heavy atom. The van der Waals surface area contributed by atoms with Gasteiger partial charge < -0.3 is 18.9 Å². The molecule has 48 heavy (non-hydrogen) atoms. The molecule has 2 amide bonds. The quantitative estimate of drug-likeness (QED) is 0.152. The molecular formula is C41H51NO6. The van der Waals surface area contributed by atoms with E-state index in [0.717, 1.165) is 53.9 Å². The molecule has 8 aliphatic carbocycles. The molecule has 8 saturated carbocycles. The summed E-state index contributed by atoms with van der Waals surface area (Å²) in [5, 5.41) is 0. The van der Waals surface area contributed by atoms with Gasteiger partial charge in [0.05, 0.1) is 55.3 Å². The van der Waals surface area contributed by atoms with Gasteiger partial charge >= 0.3 is 0 Å². The lowest BCUT2D eigenvalue weighted by Crippen LogP contribution is -2.52. The van der Waals surface area contributed by atoms with E-state index < -0.39 is 0 Å². The molecule has 0 radical (unpaired) electrons. The third-order valence-corrected chi connectivity index (χ3v) is 13.1. The van der Waals surface area contributed by atoms with Crippen molar-refractivity contribution < 1.29 is 28.5 Å². The second kappa shape index (κ2) is 12.5. The van der Waals surface area contributed by atoms with E-state index in [9.17, 15) is 9.59 Å². The zero-order chi connectivity index (χ0) is 32.3. The van der Waals surface area contributed by atoms with Crippen LogP contribution < -0.4 is 9.47 Å². The smallest absolute Gasteiger partial charge is 0.261 e. The SMILES string of the molecule is O=C1c2ccccc2C(=O)N1Cc1cc(OCCCOC23CC4CC(CC(C4)C2)C3)cc(OCCCOC23CC4CC(CC(C4)C2)C3)c1. The summed E-state index contributed by atoms with van der Waals surface area (Å²) in [6.45, 7) is 2.69. The number of ether oxygens (including phenoxy) is 4. The van der Waals surface area contributed by atoms with Crippen LogP contribution in [0.2, 0.25) is 0 Å². The third kappa shape index (κ3) is 6.08. The van der Waals surface area contributed by atoms with Crippen LogP contribution in [0.3, 0.4) is 0 Å². The Hall–Kier alpha value is -2.90. The van der Waals surface area contributed by atoms with Crippen LogP contribution in [0.1, 0.15) is 116 Å². The summed E-state index contributed by atoms with van der Waals surface area (Å²) in [5.41, 5.74) is 1.96. The number of amides is 2. The summed E-state index contributed by atoms with van der Waals surface area (Å²) >= 11 is 0. The van der Waals surface area contributed by atoms with Crippen molar-refractivity contribution in [3.63, 3.8) is 0 Å². The number of imide groups is 1. The predicted molar refractivity (Wildman–Crippen MR) is 181 cm³/mol. The van der Waals surface area contributed by atoms with Crippen molar-refractivity contribution in [3.05, 3.63) is 59.2 Å². The van der Waals surface area contributed by atoms with E-state index >= 15 is 0 Å². The van der Waals surface area contributed by atoms with Crippen LogP contribution in [0.15, 0.2) is 42.5 Å². The van der Waals surface area contributed by atoms with Crippen molar-refractivity contribution in [2.75, 3.05) is 26.4 Å². The Morgan fingerprint density at radius 1 is 0.562 bits per heavy atom. The topological polar surface area (TPSA) is 74.3 Å². The first-order chi connectivity index (χ1) is 23.4. The maximum Gasteiger partial charge on any atom is 0.261 e. The first kappa shape index (κ1) is 31.1. The van der Waals surface area contributed by atoms with Gasteiger partial charge in [0.2, 0.25) is 0 Å². The van der Waals surface area contributed by atoms with Gasteiger partial charge in [0.25, 0.3) is 11.8 Å². The molecule has 2 aromatic carbocycles. The van der Waals surface area contributed by atoms with Crippen LogP contribution in [0.4, 0.5) is 0 Å². The second-order valence-electron chi connectivity index (χ2n) is 16.9. The Bertz CT molecular complexity index is 1370. The number of hydrogen-bond acceptors (Lipinski definition) is 6. The van der Waals surface area contributed by atoms with E-state index in [4.69, 9.17) is 18.9 Å². The minimum Gasteiger partial charge on any atom is -0.493 e.